The molecule has 0 atom stereocenters. The average molecular weight is 366 g/mol. The van der Waals surface area contributed by atoms with E-state index in [-0.39, 0.29) is 5.91 Å². The Balaban J connectivity index is 1.63. The molecule has 3 aromatic rings. The van der Waals surface area contributed by atoms with Gasteiger partial charge in [0, 0.05) is 28.7 Å². The summed E-state index contributed by atoms with van der Waals surface area (Å²) < 4.78 is 0. The van der Waals surface area contributed by atoms with Crippen LogP contribution in [0.1, 0.15) is 38.7 Å². The van der Waals surface area contributed by atoms with Gasteiger partial charge in [0.05, 0.1) is 28.3 Å². The lowest BCUT2D eigenvalue weighted by molar-refractivity contribution is 0.0953. The van der Waals surface area contributed by atoms with E-state index in [0.717, 1.165) is 41.2 Å². The van der Waals surface area contributed by atoms with E-state index in [1.165, 1.54) is 4.88 Å². The molecule has 1 aromatic carbocycles. The number of amides is 1. The van der Waals surface area contributed by atoms with Crippen molar-refractivity contribution in [3.05, 3.63) is 63.5 Å². The number of aryl methyl sites for hydroxylation is 4. The van der Waals surface area contributed by atoms with Crippen molar-refractivity contribution < 1.29 is 4.79 Å². The van der Waals surface area contributed by atoms with Gasteiger partial charge < -0.3 is 5.32 Å². The van der Waals surface area contributed by atoms with E-state index < -0.39 is 0 Å². The first-order chi connectivity index (χ1) is 12.5. The number of carbonyl (C=O) groups excluding carboxylic acids is 1. The first-order valence-corrected chi connectivity index (χ1v) is 9.50. The van der Waals surface area contributed by atoms with Crippen LogP contribution in [0.25, 0.3) is 11.3 Å². The van der Waals surface area contributed by atoms with E-state index in [0.29, 0.717) is 12.1 Å². The molecule has 0 fully saturated rings. The van der Waals surface area contributed by atoms with Gasteiger partial charge in [-0.25, -0.2) is 9.97 Å². The Labute approximate surface area is 157 Å². The fraction of sp³-hybridized carbons (Fsp3) is 0.300. The third-order valence-electron chi connectivity index (χ3n) is 4.19. The van der Waals surface area contributed by atoms with Gasteiger partial charge in [-0.2, -0.15) is 0 Å². The number of nitrogens with zero attached hydrogens (tertiary/aromatic N) is 3. The van der Waals surface area contributed by atoms with Crippen molar-refractivity contribution in [2.24, 2.45) is 0 Å². The number of benzene rings is 1. The van der Waals surface area contributed by atoms with Gasteiger partial charge in [-0.15, -0.1) is 11.3 Å². The maximum Gasteiger partial charge on any atom is 0.251 e. The summed E-state index contributed by atoms with van der Waals surface area (Å²) in [5.74, 6) is -0.0638. The van der Waals surface area contributed by atoms with E-state index in [1.807, 2.05) is 50.5 Å². The first kappa shape index (κ1) is 18.2. The summed E-state index contributed by atoms with van der Waals surface area (Å²) in [6, 6.07) is 7.54. The van der Waals surface area contributed by atoms with Crippen molar-refractivity contribution in [1.82, 2.24) is 20.3 Å². The lowest BCUT2D eigenvalue weighted by Gasteiger charge is -2.09. The summed E-state index contributed by atoms with van der Waals surface area (Å²) in [4.78, 5) is 26.9. The van der Waals surface area contributed by atoms with Gasteiger partial charge >= 0.3 is 0 Å². The maximum atomic E-state index is 12.5. The van der Waals surface area contributed by atoms with Crippen LogP contribution in [0, 0.1) is 20.8 Å². The van der Waals surface area contributed by atoms with Gasteiger partial charge in [-0.3, -0.25) is 9.78 Å². The Morgan fingerprint density at radius 1 is 1.15 bits per heavy atom. The second-order valence-corrected chi connectivity index (χ2v) is 7.19. The SMILES string of the molecule is Cc1cnc(C)c(-c2cccc(C(=O)NCCCc3scnc3C)c2)n1. The van der Waals surface area contributed by atoms with Crippen LogP contribution >= 0.6 is 11.3 Å². The highest BCUT2D eigenvalue weighted by molar-refractivity contribution is 7.09. The largest absolute Gasteiger partial charge is 0.352 e. The molecule has 0 saturated carbocycles. The van der Waals surface area contributed by atoms with E-state index >= 15 is 0 Å². The van der Waals surface area contributed by atoms with Crippen LogP contribution in [0.5, 0.6) is 0 Å². The molecule has 0 radical (unpaired) electrons. The third kappa shape index (κ3) is 4.32. The molecular weight excluding hydrogens is 344 g/mol. The monoisotopic (exact) mass is 366 g/mol. The quantitative estimate of drug-likeness (QED) is 0.672. The number of aromatic nitrogens is 3. The molecular formula is C20H22N4OS. The van der Waals surface area contributed by atoms with Crippen LogP contribution in [0.4, 0.5) is 0 Å². The van der Waals surface area contributed by atoms with Crippen molar-refractivity contribution in [1.29, 1.82) is 0 Å². The van der Waals surface area contributed by atoms with E-state index in [2.05, 4.69) is 20.3 Å². The fourth-order valence-electron chi connectivity index (χ4n) is 2.74. The standard InChI is InChI=1S/C20H22N4OS/c1-13-11-22-15(3)19(24-13)16-6-4-7-17(10-16)20(25)21-9-5-8-18-14(2)23-12-26-18/h4,6-7,10-12H,5,8-9H2,1-3H3,(H,21,25). The topological polar surface area (TPSA) is 67.8 Å². The molecule has 2 aromatic heterocycles. The smallest absolute Gasteiger partial charge is 0.251 e. The van der Waals surface area contributed by atoms with Gasteiger partial charge in [-0.05, 0) is 45.7 Å². The first-order valence-electron chi connectivity index (χ1n) is 8.62. The van der Waals surface area contributed by atoms with Crippen molar-refractivity contribution in [3.8, 4) is 11.3 Å². The summed E-state index contributed by atoms with van der Waals surface area (Å²) in [6.07, 6.45) is 3.59. The molecule has 0 aliphatic rings. The predicted molar refractivity (Wildman–Crippen MR) is 104 cm³/mol. The maximum absolute atomic E-state index is 12.5. The minimum atomic E-state index is -0.0638. The summed E-state index contributed by atoms with van der Waals surface area (Å²) in [5.41, 5.74) is 7.03. The van der Waals surface area contributed by atoms with Gasteiger partial charge in [0.25, 0.3) is 5.91 Å². The number of nitrogens with one attached hydrogen (secondary N) is 1. The second-order valence-electron chi connectivity index (χ2n) is 6.25. The second kappa shape index (κ2) is 8.19. The molecule has 134 valence electrons. The number of hydrogen-bond donors (Lipinski definition) is 1. The zero-order valence-electron chi connectivity index (χ0n) is 15.2. The van der Waals surface area contributed by atoms with Crippen molar-refractivity contribution in [3.63, 3.8) is 0 Å². The Hall–Kier alpha value is -2.60. The number of rotatable bonds is 6. The molecule has 0 unspecified atom stereocenters. The van der Waals surface area contributed by atoms with Crippen LogP contribution < -0.4 is 5.32 Å². The molecule has 3 rings (SSSR count). The minimum Gasteiger partial charge on any atom is -0.352 e. The Bertz CT molecular complexity index is 920. The van der Waals surface area contributed by atoms with Crippen molar-refractivity contribution in [2.45, 2.75) is 33.6 Å². The normalized spacial score (nSPS) is 10.7. The Kier molecular flexibility index (Phi) is 5.73. The molecule has 0 aliphatic heterocycles. The number of carbonyl (C=O) groups is 1. The summed E-state index contributed by atoms with van der Waals surface area (Å²) >= 11 is 1.67. The lowest BCUT2D eigenvalue weighted by atomic mass is 10.1. The van der Waals surface area contributed by atoms with Crippen LogP contribution in [0.15, 0.2) is 36.0 Å². The molecule has 0 saturated heterocycles. The predicted octanol–water partition coefficient (Wildman–Crippen LogP) is 3.89. The summed E-state index contributed by atoms with van der Waals surface area (Å²) in [6.45, 7) is 6.50. The van der Waals surface area contributed by atoms with E-state index in [4.69, 9.17) is 0 Å². The Morgan fingerprint density at radius 3 is 2.77 bits per heavy atom. The van der Waals surface area contributed by atoms with Crippen LogP contribution in [-0.4, -0.2) is 27.4 Å². The lowest BCUT2D eigenvalue weighted by Crippen LogP contribution is -2.24. The van der Waals surface area contributed by atoms with E-state index in [1.54, 1.807) is 17.5 Å². The highest BCUT2D eigenvalue weighted by atomic mass is 32.1. The van der Waals surface area contributed by atoms with Crippen LogP contribution in [0.3, 0.4) is 0 Å². The minimum absolute atomic E-state index is 0.0638. The number of thiazole rings is 1. The zero-order valence-corrected chi connectivity index (χ0v) is 16.1. The summed E-state index contributed by atoms with van der Waals surface area (Å²) in [7, 11) is 0. The highest BCUT2D eigenvalue weighted by Gasteiger charge is 2.10. The average Bonchev–Trinajstić information content (AvgIpc) is 3.05. The van der Waals surface area contributed by atoms with Gasteiger partial charge in [0.1, 0.15) is 0 Å². The fourth-order valence-corrected chi connectivity index (χ4v) is 3.56. The molecule has 0 bridgehead atoms. The van der Waals surface area contributed by atoms with E-state index in [9.17, 15) is 4.79 Å². The highest BCUT2D eigenvalue weighted by Crippen LogP contribution is 2.21. The molecule has 5 nitrogen and oxygen atoms in total. The molecule has 26 heavy (non-hydrogen) atoms. The molecule has 1 N–H and O–H groups in total. The van der Waals surface area contributed by atoms with Crippen molar-refractivity contribution in [2.75, 3.05) is 6.54 Å². The van der Waals surface area contributed by atoms with Gasteiger partial charge in [0.15, 0.2) is 0 Å². The van der Waals surface area contributed by atoms with Gasteiger partial charge in [-0.1, -0.05) is 12.1 Å². The van der Waals surface area contributed by atoms with Crippen LogP contribution in [0.2, 0.25) is 0 Å². The third-order valence-corrected chi connectivity index (χ3v) is 5.18. The zero-order chi connectivity index (χ0) is 18.5. The number of hydrogen-bond acceptors (Lipinski definition) is 5. The molecule has 0 spiro atoms. The Morgan fingerprint density at radius 2 is 2.00 bits per heavy atom. The molecule has 2 heterocycles. The molecule has 0 aliphatic carbocycles. The molecule has 1 amide bonds. The van der Waals surface area contributed by atoms with Crippen LogP contribution in [-0.2, 0) is 6.42 Å². The van der Waals surface area contributed by atoms with Crippen molar-refractivity contribution >= 4 is 17.2 Å². The van der Waals surface area contributed by atoms with Gasteiger partial charge in [0.2, 0.25) is 0 Å². The summed E-state index contributed by atoms with van der Waals surface area (Å²) in [5, 5.41) is 2.99. The molecule has 6 heteroatoms.